The summed E-state index contributed by atoms with van der Waals surface area (Å²) in [7, 11) is 0. The fourth-order valence-electron chi connectivity index (χ4n) is 4.82. The first-order valence-corrected chi connectivity index (χ1v) is 12.6. The van der Waals surface area contributed by atoms with Crippen molar-refractivity contribution in [2.24, 2.45) is 29.4 Å². The molecule has 1 fully saturated rings. The molecule has 202 valence electrons. The molecule has 11 nitrogen and oxygen atoms in total. The lowest BCUT2D eigenvalue weighted by atomic mass is 10.0. The van der Waals surface area contributed by atoms with Crippen LogP contribution >= 0.6 is 0 Å². The fraction of sp³-hybridized carbons (Fsp3) is 0.720. The SMILES string of the molecule is C/C1=C/CCC2C(CC1)C2COC(=O)N[C@@H](CC(C)C)C(=O)N[C@@H](CCC(N)=O)C(=O)NCC(=O)O. The normalized spacial score (nSPS) is 24.0. The summed E-state index contributed by atoms with van der Waals surface area (Å²) in [5.41, 5.74) is 6.57. The number of carboxylic acids is 1. The van der Waals surface area contributed by atoms with Crippen LogP contribution in [0.1, 0.15) is 65.7 Å². The maximum atomic E-state index is 13.0. The largest absolute Gasteiger partial charge is 0.480 e. The van der Waals surface area contributed by atoms with Gasteiger partial charge in [-0.25, -0.2) is 4.79 Å². The Morgan fingerprint density at radius 1 is 1.08 bits per heavy atom. The summed E-state index contributed by atoms with van der Waals surface area (Å²) < 4.78 is 5.47. The van der Waals surface area contributed by atoms with E-state index < -0.39 is 48.4 Å². The molecule has 0 heterocycles. The number of nitrogens with one attached hydrogen (secondary N) is 3. The van der Waals surface area contributed by atoms with Gasteiger partial charge in [0, 0.05) is 6.42 Å². The van der Waals surface area contributed by atoms with Gasteiger partial charge < -0.3 is 31.5 Å². The Hall–Kier alpha value is -3.11. The van der Waals surface area contributed by atoms with Crippen LogP contribution in [0.4, 0.5) is 4.79 Å². The molecule has 0 saturated heterocycles. The summed E-state index contributed by atoms with van der Waals surface area (Å²) in [6.07, 6.45) is 5.88. The number of fused-ring (bicyclic) bond motifs is 1. The van der Waals surface area contributed by atoms with Crippen molar-refractivity contribution in [2.45, 2.75) is 77.8 Å². The number of ether oxygens (including phenoxy) is 1. The molecular formula is C25H40N4O7. The van der Waals surface area contributed by atoms with Crippen LogP contribution in [0, 0.1) is 23.7 Å². The average Bonchev–Trinajstić information content (AvgIpc) is 3.44. The Bertz CT molecular complexity index is 857. The molecule has 0 aromatic carbocycles. The van der Waals surface area contributed by atoms with Gasteiger partial charge in [0.25, 0.3) is 0 Å². The van der Waals surface area contributed by atoms with Crippen LogP contribution in [0.5, 0.6) is 0 Å². The summed E-state index contributed by atoms with van der Waals surface area (Å²) >= 11 is 0. The molecular weight excluding hydrogens is 468 g/mol. The van der Waals surface area contributed by atoms with Gasteiger partial charge in [-0.3, -0.25) is 19.2 Å². The van der Waals surface area contributed by atoms with Gasteiger partial charge in [-0.15, -0.1) is 0 Å². The molecule has 0 aromatic heterocycles. The number of alkyl carbamates (subject to hydrolysis) is 1. The van der Waals surface area contributed by atoms with E-state index in [9.17, 15) is 24.0 Å². The highest BCUT2D eigenvalue weighted by molar-refractivity contribution is 5.92. The average molecular weight is 509 g/mol. The minimum absolute atomic E-state index is 0.0421. The first kappa shape index (κ1) is 29.1. The topological polar surface area (TPSA) is 177 Å². The third-order valence-corrected chi connectivity index (χ3v) is 6.82. The third kappa shape index (κ3) is 9.87. The maximum Gasteiger partial charge on any atom is 0.407 e. The van der Waals surface area contributed by atoms with Gasteiger partial charge in [0.05, 0.1) is 6.61 Å². The monoisotopic (exact) mass is 508 g/mol. The Labute approximate surface area is 212 Å². The van der Waals surface area contributed by atoms with Gasteiger partial charge in [0.15, 0.2) is 0 Å². The lowest BCUT2D eigenvalue weighted by Gasteiger charge is -2.23. The molecule has 0 aliphatic heterocycles. The molecule has 4 amide bonds. The summed E-state index contributed by atoms with van der Waals surface area (Å²) in [6.45, 7) is 5.58. The highest BCUT2D eigenvalue weighted by Crippen LogP contribution is 2.53. The number of primary amides is 1. The number of aliphatic carboxylic acids is 1. The smallest absolute Gasteiger partial charge is 0.407 e. The zero-order valence-corrected chi connectivity index (χ0v) is 21.4. The molecule has 0 spiro atoms. The number of carboxylic acid groups (broad SMARTS) is 1. The van der Waals surface area contributed by atoms with E-state index in [1.807, 2.05) is 13.8 Å². The lowest BCUT2D eigenvalue weighted by molar-refractivity contribution is -0.138. The predicted molar refractivity (Wildman–Crippen MR) is 131 cm³/mol. The third-order valence-electron chi connectivity index (χ3n) is 6.82. The van der Waals surface area contributed by atoms with E-state index in [0.29, 0.717) is 30.8 Å². The van der Waals surface area contributed by atoms with Crippen molar-refractivity contribution >= 4 is 29.8 Å². The van der Waals surface area contributed by atoms with Crippen molar-refractivity contribution in [1.82, 2.24) is 16.0 Å². The van der Waals surface area contributed by atoms with Crippen LogP contribution in [-0.2, 0) is 23.9 Å². The zero-order valence-electron chi connectivity index (χ0n) is 21.4. The Kier molecular flexibility index (Phi) is 11.2. The Morgan fingerprint density at radius 2 is 1.78 bits per heavy atom. The number of hydrogen-bond donors (Lipinski definition) is 5. The maximum absolute atomic E-state index is 13.0. The van der Waals surface area contributed by atoms with Crippen LogP contribution in [0.25, 0.3) is 0 Å². The van der Waals surface area contributed by atoms with Gasteiger partial charge in [-0.2, -0.15) is 0 Å². The number of allylic oxidation sites excluding steroid dienone is 2. The number of amides is 4. The molecule has 36 heavy (non-hydrogen) atoms. The van der Waals surface area contributed by atoms with E-state index in [-0.39, 0.29) is 18.8 Å². The highest BCUT2D eigenvalue weighted by Gasteiger charge is 2.49. The van der Waals surface area contributed by atoms with E-state index in [4.69, 9.17) is 15.6 Å². The Morgan fingerprint density at radius 3 is 2.42 bits per heavy atom. The molecule has 1 saturated carbocycles. The summed E-state index contributed by atoms with van der Waals surface area (Å²) in [4.78, 5) is 59.9. The number of carbonyl (C=O) groups excluding carboxylic acids is 4. The summed E-state index contributed by atoms with van der Waals surface area (Å²) in [6, 6.07) is -2.16. The predicted octanol–water partition coefficient (Wildman–Crippen LogP) is 1.46. The molecule has 0 aromatic rings. The van der Waals surface area contributed by atoms with Crippen LogP contribution in [0.2, 0.25) is 0 Å². The van der Waals surface area contributed by atoms with E-state index in [1.54, 1.807) is 0 Å². The van der Waals surface area contributed by atoms with Gasteiger partial charge in [-0.1, -0.05) is 25.5 Å². The number of rotatable bonds is 13. The van der Waals surface area contributed by atoms with Crippen molar-refractivity contribution in [3.63, 3.8) is 0 Å². The summed E-state index contributed by atoms with van der Waals surface area (Å²) in [5.74, 6) is -1.80. The zero-order chi connectivity index (χ0) is 26.8. The van der Waals surface area contributed by atoms with Crippen molar-refractivity contribution in [3.05, 3.63) is 11.6 Å². The van der Waals surface area contributed by atoms with Crippen LogP contribution in [-0.4, -0.2) is 60.1 Å². The minimum Gasteiger partial charge on any atom is -0.480 e. The standard InChI is InChI=1S/C25H40N4O7/c1-14(2)11-20(24(34)28-19(9-10-21(26)30)23(33)27-12-22(31)32)29-25(35)36-13-18-16-6-4-5-15(3)7-8-17(16)18/h5,14,16-20H,4,6-13H2,1-3H3,(H2,26,30)(H,27,33)(H,28,34)(H,29,35)(H,31,32)/b15-5-/t16?,17?,18?,19-,20-/m0/s1. The second-order valence-corrected chi connectivity index (χ2v) is 10.3. The second-order valence-electron chi connectivity index (χ2n) is 10.3. The first-order chi connectivity index (χ1) is 17.0. The lowest BCUT2D eigenvalue weighted by Crippen LogP contribution is -2.54. The van der Waals surface area contributed by atoms with Crippen molar-refractivity contribution in [2.75, 3.05) is 13.2 Å². The summed E-state index contributed by atoms with van der Waals surface area (Å²) in [5, 5.41) is 16.1. The molecule has 5 atom stereocenters. The molecule has 2 aliphatic rings. The quantitative estimate of drug-likeness (QED) is 0.234. The first-order valence-electron chi connectivity index (χ1n) is 12.6. The number of carbonyl (C=O) groups is 5. The molecule has 6 N–H and O–H groups in total. The minimum atomic E-state index is -1.25. The molecule has 0 radical (unpaired) electrons. The fourth-order valence-corrected chi connectivity index (χ4v) is 4.82. The van der Waals surface area contributed by atoms with Crippen molar-refractivity contribution < 1.29 is 33.8 Å². The number of nitrogens with two attached hydrogens (primary N) is 1. The van der Waals surface area contributed by atoms with Gasteiger partial charge >= 0.3 is 12.1 Å². The van der Waals surface area contributed by atoms with Crippen molar-refractivity contribution in [3.8, 4) is 0 Å². The second kappa shape index (κ2) is 13.8. The van der Waals surface area contributed by atoms with E-state index in [0.717, 1.165) is 25.7 Å². The molecule has 3 unspecified atom stereocenters. The van der Waals surface area contributed by atoms with Gasteiger partial charge in [0.2, 0.25) is 17.7 Å². The van der Waals surface area contributed by atoms with E-state index in [2.05, 4.69) is 29.0 Å². The molecule has 11 heteroatoms. The Balaban J connectivity index is 1.93. The molecule has 2 rings (SSSR count). The highest BCUT2D eigenvalue weighted by atomic mass is 16.5. The van der Waals surface area contributed by atoms with Crippen LogP contribution in [0.3, 0.4) is 0 Å². The van der Waals surface area contributed by atoms with Crippen LogP contribution in [0.15, 0.2) is 11.6 Å². The van der Waals surface area contributed by atoms with Gasteiger partial charge in [0.1, 0.15) is 18.6 Å². The van der Waals surface area contributed by atoms with Crippen LogP contribution < -0.4 is 21.7 Å². The molecule has 0 bridgehead atoms. The number of hydrogen-bond acceptors (Lipinski definition) is 6. The molecule has 2 aliphatic carbocycles. The van der Waals surface area contributed by atoms with Crippen molar-refractivity contribution in [1.29, 1.82) is 0 Å². The van der Waals surface area contributed by atoms with E-state index in [1.165, 1.54) is 5.57 Å². The van der Waals surface area contributed by atoms with Gasteiger partial charge in [-0.05, 0) is 69.1 Å². The van der Waals surface area contributed by atoms with E-state index >= 15 is 0 Å².